The molecular weight excluding hydrogens is 358 g/mol. The molecule has 0 aliphatic carbocycles. The Kier molecular flexibility index (Phi) is 8.52. The monoisotopic (exact) mass is 383 g/mol. The second-order valence-electron chi connectivity index (χ2n) is 5.92. The highest BCUT2D eigenvalue weighted by atomic mass is 35.5. The van der Waals surface area contributed by atoms with E-state index in [0.717, 1.165) is 21.1 Å². The van der Waals surface area contributed by atoms with E-state index >= 15 is 0 Å². The molecule has 138 valence electrons. The van der Waals surface area contributed by atoms with E-state index in [0.29, 0.717) is 6.54 Å². The van der Waals surface area contributed by atoms with Gasteiger partial charge in [-0.25, -0.2) is 4.98 Å². The maximum absolute atomic E-state index is 12.1. The van der Waals surface area contributed by atoms with Crippen LogP contribution in [0.2, 0.25) is 0 Å². The molecule has 0 spiro atoms. The number of methoxy groups -OCH3 is 1. The van der Waals surface area contributed by atoms with Crippen molar-refractivity contribution in [2.75, 3.05) is 13.7 Å². The fraction of sp³-hybridized carbons (Fsp3) is 0.444. The molecule has 0 aliphatic rings. The number of rotatable bonds is 7. The predicted octanol–water partition coefficient (Wildman–Crippen LogP) is 3.39. The van der Waals surface area contributed by atoms with Crippen LogP contribution >= 0.6 is 23.7 Å². The SMILES string of the molecule is COC(CN)CC(=O)NC(C)c1sc(-c2ccc(C)cc2)nc1C.Cl. The standard InChI is InChI=1S/C18H25N3O2S.ClH/c1-11-5-7-14(8-6-11)18-21-13(3)17(24-18)12(2)20-16(22)9-15(10-19)23-4;/h5-8,12,15H,9-10,19H2,1-4H3,(H,20,22);1H. The van der Waals surface area contributed by atoms with E-state index in [1.54, 1.807) is 18.4 Å². The largest absolute Gasteiger partial charge is 0.380 e. The number of aromatic nitrogens is 1. The molecule has 2 unspecified atom stereocenters. The van der Waals surface area contributed by atoms with Crippen molar-refractivity contribution in [3.05, 3.63) is 40.4 Å². The molecular formula is C18H26ClN3O2S. The van der Waals surface area contributed by atoms with Gasteiger partial charge in [0, 0.05) is 19.2 Å². The quantitative estimate of drug-likeness (QED) is 0.768. The third-order valence-corrected chi connectivity index (χ3v) is 5.30. The first kappa shape index (κ1) is 21.6. The number of ether oxygens (including phenoxy) is 1. The first-order valence-electron chi connectivity index (χ1n) is 8.01. The number of nitrogens with one attached hydrogen (secondary N) is 1. The van der Waals surface area contributed by atoms with Crippen LogP contribution < -0.4 is 11.1 Å². The molecule has 1 aromatic heterocycles. The molecule has 1 aromatic carbocycles. The number of amides is 1. The summed E-state index contributed by atoms with van der Waals surface area (Å²) in [7, 11) is 1.56. The second-order valence-corrected chi connectivity index (χ2v) is 6.95. The van der Waals surface area contributed by atoms with E-state index in [2.05, 4.69) is 41.5 Å². The zero-order valence-electron chi connectivity index (χ0n) is 15.0. The lowest BCUT2D eigenvalue weighted by Gasteiger charge is -2.16. The highest BCUT2D eigenvalue weighted by molar-refractivity contribution is 7.15. The normalized spacial score (nSPS) is 13.0. The second kappa shape index (κ2) is 9.87. The summed E-state index contributed by atoms with van der Waals surface area (Å²) in [5.74, 6) is -0.0653. The van der Waals surface area contributed by atoms with Crippen molar-refractivity contribution in [3.8, 4) is 10.6 Å². The minimum atomic E-state index is -0.247. The van der Waals surface area contributed by atoms with Crippen molar-refractivity contribution in [1.82, 2.24) is 10.3 Å². The van der Waals surface area contributed by atoms with E-state index in [4.69, 9.17) is 10.5 Å². The van der Waals surface area contributed by atoms with Crippen molar-refractivity contribution in [2.24, 2.45) is 5.73 Å². The number of nitrogens with zero attached hydrogens (tertiary/aromatic N) is 1. The molecule has 3 N–H and O–H groups in total. The van der Waals surface area contributed by atoms with Gasteiger partial charge in [-0.2, -0.15) is 0 Å². The molecule has 1 heterocycles. The Morgan fingerprint density at radius 2 is 1.96 bits per heavy atom. The summed E-state index contributed by atoms with van der Waals surface area (Å²) in [6.07, 6.45) is 0.0166. The third-order valence-electron chi connectivity index (χ3n) is 3.91. The third kappa shape index (κ3) is 5.78. The molecule has 0 radical (unpaired) electrons. The van der Waals surface area contributed by atoms with Crippen LogP contribution in [0.3, 0.4) is 0 Å². The number of halogens is 1. The Hall–Kier alpha value is -1.47. The summed E-state index contributed by atoms with van der Waals surface area (Å²) in [6.45, 7) is 6.34. The van der Waals surface area contributed by atoms with Crippen molar-refractivity contribution in [2.45, 2.75) is 39.3 Å². The van der Waals surface area contributed by atoms with Gasteiger partial charge in [-0.15, -0.1) is 23.7 Å². The van der Waals surface area contributed by atoms with Crippen LogP contribution in [0, 0.1) is 13.8 Å². The summed E-state index contributed by atoms with van der Waals surface area (Å²) < 4.78 is 5.16. The lowest BCUT2D eigenvalue weighted by atomic mass is 10.1. The maximum Gasteiger partial charge on any atom is 0.223 e. The van der Waals surface area contributed by atoms with Crippen LogP contribution in [0.1, 0.15) is 35.5 Å². The van der Waals surface area contributed by atoms with Gasteiger partial charge < -0.3 is 15.8 Å². The number of carbonyl (C=O) groups is 1. The van der Waals surface area contributed by atoms with E-state index in [1.165, 1.54) is 5.56 Å². The van der Waals surface area contributed by atoms with Gasteiger partial charge in [0.1, 0.15) is 5.01 Å². The summed E-state index contributed by atoms with van der Waals surface area (Å²) in [6, 6.07) is 8.21. The van der Waals surface area contributed by atoms with Crippen LogP contribution in [0.15, 0.2) is 24.3 Å². The Labute approximate surface area is 159 Å². The van der Waals surface area contributed by atoms with Crippen molar-refractivity contribution in [1.29, 1.82) is 0 Å². The smallest absolute Gasteiger partial charge is 0.223 e. The summed E-state index contributed by atoms with van der Waals surface area (Å²) in [4.78, 5) is 17.8. The maximum atomic E-state index is 12.1. The molecule has 0 fully saturated rings. The molecule has 0 saturated carbocycles. The zero-order valence-corrected chi connectivity index (χ0v) is 16.7. The predicted molar refractivity (Wildman–Crippen MR) is 105 cm³/mol. The van der Waals surface area contributed by atoms with Gasteiger partial charge in [0.25, 0.3) is 0 Å². The first-order chi connectivity index (χ1) is 11.4. The van der Waals surface area contributed by atoms with Gasteiger partial charge in [0.2, 0.25) is 5.91 Å². The van der Waals surface area contributed by atoms with Crippen LogP contribution in [0.5, 0.6) is 0 Å². The van der Waals surface area contributed by atoms with Gasteiger partial charge in [-0.3, -0.25) is 4.79 Å². The average molecular weight is 384 g/mol. The molecule has 1 amide bonds. The molecule has 2 aromatic rings. The number of aryl methyl sites for hydroxylation is 2. The lowest BCUT2D eigenvalue weighted by molar-refractivity contribution is -0.124. The molecule has 5 nitrogen and oxygen atoms in total. The van der Waals surface area contributed by atoms with Gasteiger partial charge in [-0.1, -0.05) is 29.8 Å². The van der Waals surface area contributed by atoms with Crippen molar-refractivity contribution < 1.29 is 9.53 Å². The van der Waals surface area contributed by atoms with E-state index in [9.17, 15) is 4.79 Å². The van der Waals surface area contributed by atoms with Crippen LogP contribution in [0.25, 0.3) is 10.6 Å². The van der Waals surface area contributed by atoms with Crippen LogP contribution in [0.4, 0.5) is 0 Å². The average Bonchev–Trinajstić information content (AvgIpc) is 2.95. The first-order valence-corrected chi connectivity index (χ1v) is 8.82. The molecule has 0 aliphatic heterocycles. The molecule has 7 heteroatoms. The molecule has 2 rings (SSSR count). The van der Waals surface area contributed by atoms with Crippen LogP contribution in [-0.2, 0) is 9.53 Å². The number of carbonyl (C=O) groups excluding carboxylic acids is 1. The number of benzene rings is 1. The Balaban J connectivity index is 0.00000312. The molecule has 25 heavy (non-hydrogen) atoms. The summed E-state index contributed by atoms with van der Waals surface area (Å²) in [5, 5.41) is 3.98. The van der Waals surface area contributed by atoms with E-state index in [-0.39, 0.29) is 36.9 Å². The minimum absolute atomic E-state index is 0. The lowest BCUT2D eigenvalue weighted by Crippen LogP contribution is -2.33. The fourth-order valence-corrected chi connectivity index (χ4v) is 3.54. The fourth-order valence-electron chi connectivity index (χ4n) is 2.47. The summed E-state index contributed by atoms with van der Waals surface area (Å²) >= 11 is 1.62. The number of thiazole rings is 1. The summed E-state index contributed by atoms with van der Waals surface area (Å²) in [5.41, 5.74) is 8.83. The number of hydrogen-bond donors (Lipinski definition) is 2. The Morgan fingerprint density at radius 1 is 1.32 bits per heavy atom. The van der Waals surface area contributed by atoms with Crippen LogP contribution in [-0.4, -0.2) is 30.6 Å². The van der Waals surface area contributed by atoms with Gasteiger partial charge in [0.15, 0.2) is 0 Å². The van der Waals surface area contributed by atoms with Crippen molar-refractivity contribution in [3.63, 3.8) is 0 Å². The molecule has 2 atom stereocenters. The Bertz CT molecular complexity index is 684. The van der Waals surface area contributed by atoms with Gasteiger partial charge >= 0.3 is 0 Å². The number of hydrogen-bond acceptors (Lipinski definition) is 5. The molecule has 0 bridgehead atoms. The highest BCUT2D eigenvalue weighted by Gasteiger charge is 2.19. The number of nitrogens with two attached hydrogens (primary N) is 1. The molecule has 0 saturated heterocycles. The topological polar surface area (TPSA) is 77.2 Å². The van der Waals surface area contributed by atoms with E-state index < -0.39 is 0 Å². The van der Waals surface area contributed by atoms with Gasteiger partial charge in [-0.05, 0) is 20.8 Å². The Morgan fingerprint density at radius 3 is 2.52 bits per heavy atom. The highest BCUT2D eigenvalue weighted by Crippen LogP contribution is 2.31. The van der Waals surface area contributed by atoms with Gasteiger partial charge in [0.05, 0.1) is 29.1 Å². The van der Waals surface area contributed by atoms with E-state index in [1.807, 2.05) is 13.8 Å². The van der Waals surface area contributed by atoms with Crippen molar-refractivity contribution >= 4 is 29.7 Å². The zero-order chi connectivity index (χ0) is 17.7. The minimum Gasteiger partial charge on any atom is -0.380 e.